The van der Waals surface area contributed by atoms with E-state index >= 15 is 0 Å². The molecule has 0 aliphatic carbocycles. The molecule has 0 aromatic heterocycles. The molecule has 0 spiro atoms. The van der Waals surface area contributed by atoms with Crippen molar-refractivity contribution in [3.63, 3.8) is 0 Å². The molecule has 0 N–H and O–H groups in total. The molecule has 0 fully saturated rings. The van der Waals surface area contributed by atoms with Gasteiger partial charge in [0.05, 0.1) is 18.8 Å². The highest BCUT2D eigenvalue weighted by molar-refractivity contribution is 9.08. The molecule has 2 aromatic rings. The fraction of sp³-hybridized carbons (Fsp3) is 0.238. The minimum absolute atomic E-state index is 0.275. The van der Waals surface area contributed by atoms with Crippen LogP contribution in [0.5, 0.6) is 0 Å². The van der Waals surface area contributed by atoms with Gasteiger partial charge in [-0.15, -0.1) is 0 Å². The van der Waals surface area contributed by atoms with Crippen LogP contribution >= 0.6 is 15.9 Å². The average Bonchev–Trinajstić information content (AvgIpc) is 2.66. The maximum Gasteiger partial charge on any atom is 0.339 e. The van der Waals surface area contributed by atoms with Crippen LogP contribution in [0.4, 0.5) is 0 Å². The lowest BCUT2D eigenvalue weighted by Crippen LogP contribution is -2.09. The summed E-state index contributed by atoms with van der Waals surface area (Å²) in [5.41, 5.74) is 3.85. The summed E-state index contributed by atoms with van der Waals surface area (Å²) in [6, 6.07) is 13.4. The van der Waals surface area contributed by atoms with Gasteiger partial charge in [0.2, 0.25) is 0 Å². The molecule has 0 unspecified atom stereocenters. The Morgan fingerprint density at radius 3 is 2.31 bits per heavy atom. The molecule has 0 bridgehead atoms. The number of carbonyl (C=O) groups excluding carboxylic acids is 2. The Bertz CT molecular complexity index is 794. The first kappa shape index (κ1) is 19.9. The van der Waals surface area contributed by atoms with E-state index in [4.69, 9.17) is 9.47 Å². The molecule has 0 aliphatic rings. The Labute approximate surface area is 162 Å². The van der Waals surface area contributed by atoms with E-state index in [2.05, 4.69) is 15.9 Å². The third kappa shape index (κ3) is 5.05. The van der Waals surface area contributed by atoms with Gasteiger partial charge in [0, 0.05) is 11.4 Å². The summed E-state index contributed by atoms with van der Waals surface area (Å²) in [5, 5.41) is 0.764. The maximum absolute atomic E-state index is 12.6. The first-order valence-corrected chi connectivity index (χ1v) is 9.53. The Kier molecular flexibility index (Phi) is 7.60. The summed E-state index contributed by atoms with van der Waals surface area (Å²) < 4.78 is 10.1. The Hall–Kier alpha value is -2.40. The standard InChI is InChI=1S/C21H21BrO4/c1-3-25-19(23)13-12-17-6-5-7-18(20(17)21(24)26-4-2)16-10-8-15(14-22)9-11-16/h5-13H,3-4,14H2,1-2H3/b13-12+. The second kappa shape index (κ2) is 9.92. The van der Waals surface area contributed by atoms with Crippen LogP contribution in [-0.4, -0.2) is 25.2 Å². The molecule has 5 heteroatoms. The predicted octanol–water partition coefficient (Wildman–Crippen LogP) is 5.00. The number of carbonyl (C=O) groups is 2. The first-order valence-electron chi connectivity index (χ1n) is 8.40. The molecule has 0 saturated heterocycles. The van der Waals surface area contributed by atoms with Crippen molar-refractivity contribution >= 4 is 33.9 Å². The molecule has 2 aromatic carbocycles. The zero-order valence-corrected chi connectivity index (χ0v) is 16.4. The summed E-state index contributed by atoms with van der Waals surface area (Å²) in [4.78, 5) is 24.2. The van der Waals surface area contributed by atoms with Crippen LogP contribution in [-0.2, 0) is 19.6 Å². The summed E-state index contributed by atoms with van der Waals surface area (Å²) in [7, 11) is 0. The molecule has 136 valence electrons. The van der Waals surface area contributed by atoms with Crippen molar-refractivity contribution in [2.24, 2.45) is 0 Å². The number of halogens is 1. The highest BCUT2D eigenvalue weighted by Crippen LogP contribution is 2.28. The van der Waals surface area contributed by atoms with Gasteiger partial charge in [-0.1, -0.05) is 58.4 Å². The van der Waals surface area contributed by atoms with Gasteiger partial charge >= 0.3 is 11.9 Å². The number of benzene rings is 2. The van der Waals surface area contributed by atoms with E-state index in [-0.39, 0.29) is 6.61 Å². The van der Waals surface area contributed by atoms with E-state index in [0.29, 0.717) is 17.7 Å². The lowest BCUT2D eigenvalue weighted by Gasteiger charge is -2.12. The Morgan fingerprint density at radius 2 is 1.69 bits per heavy atom. The molecule has 4 nitrogen and oxygen atoms in total. The van der Waals surface area contributed by atoms with E-state index in [9.17, 15) is 9.59 Å². The fourth-order valence-corrected chi connectivity index (χ4v) is 2.88. The zero-order chi connectivity index (χ0) is 18.9. The van der Waals surface area contributed by atoms with Crippen molar-refractivity contribution < 1.29 is 19.1 Å². The van der Waals surface area contributed by atoms with E-state index in [1.165, 1.54) is 6.08 Å². The van der Waals surface area contributed by atoms with Crippen molar-refractivity contribution in [2.75, 3.05) is 13.2 Å². The van der Waals surface area contributed by atoms with Gasteiger partial charge in [0.1, 0.15) is 0 Å². The van der Waals surface area contributed by atoms with Crippen LogP contribution in [0, 0.1) is 0 Å². The molecule has 26 heavy (non-hydrogen) atoms. The van der Waals surface area contributed by atoms with Crippen LogP contribution in [0.3, 0.4) is 0 Å². The second-order valence-electron chi connectivity index (χ2n) is 5.41. The smallest absolute Gasteiger partial charge is 0.339 e. The van der Waals surface area contributed by atoms with Gasteiger partial charge in [0.15, 0.2) is 0 Å². The van der Waals surface area contributed by atoms with E-state index in [1.807, 2.05) is 36.4 Å². The van der Waals surface area contributed by atoms with Gasteiger partial charge in [0.25, 0.3) is 0 Å². The van der Waals surface area contributed by atoms with E-state index in [1.54, 1.807) is 26.0 Å². The van der Waals surface area contributed by atoms with E-state index in [0.717, 1.165) is 22.0 Å². The van der Waals surface area contributed by atoms with Gasteiger partial charge in [-0.05, 0) is 42.2 Å². The SMILES string of the molecule is CCOC(=O)/C=C/c1cccc(-c2ccc(CBr)cc2)c1C(=O)OCC. The quantitative estimate of drug-likeness (QED) is 0.361. The van der Waals surface area contributed by atoms with Gasteiger partial charge in [-0.25, -0.2) is 9.59 Å². The zero-order valence-electron chi connectivity index (χ0n) is 14.8. The highest BCUT2D eigenvalue weighted by Gasteiger charge is 2.17. The molecule has 0 amide bonds. The molecule has 0 saturated carbocycles. The minimum atomic E-state index is -0.450. The summed E-state index contributed by atoms with van der Waals surface area (Å²) in [5.74, 6) is -0.870. The summed E-state index contributed by atoms with van der Waals surface area (Å²) >= 11 is 3.43. The topological polar surface area (TPSA) is 52.6 Å². The number of hydrogen-bond acceptors (Lipinski definition) is 4. The third-order valence-electron chi connectivity index (χ3n) is 3.68. The van der Waals surface area contributed by atoms with Crippen LogP contribution in [0.25, 0.3) is 17.2 Å². The summed E-state index contributed by atoms with van der Waals surface area (Å²) in [6.07, 6.45) is 2.90. The van der Waals surface area contributed by atoms with Gasteiger partial charge in [-0.3, -0.25) is 0 Å². The van der Waals surface area contributed by atoms with Crippen LogP contribution < -0.4 is 0 Å². The first-order chi connectivity index (χ1) is 12.6. The molecule has 0 heterocycles. The predicted molar refractivity (Wildman–Crippen MR) is 106 cm³/mol. The van der Waals surface area contributed by atoms with Gasteiger partial charge < -0.3 is 9.47 Å². The molecule has 0 radical (unpaired) electrons. The highest BCUT2D eigenvalue weighted by atomic mass is 79.9. The van der Waals surface area contributed by atoms with Crippen molar-refractivity contribution in [3.8, 4) is 11.1 Å². The summed E-state index contributed by atoms with van der Waals surface area (Å²) in [6.45, 7) is 4.08. The molecular formula is C21H21BrO4. The van der Waals surface area contributed by atoms with Crippen molar-refractivity contribution in [1.82, 2.24) is 0 Å². The number of rotatable bonds is 7. The minimum Gasteiger partial charge on any atom is -0.463 e. The normalized spacial score (nSPS) is 10.7. The number of esters is 2. The maximum atomic E-state index is 12.6. The second-order valence-corrected chi connectivity index (χ2v) is 5.97. The van der Waals surface area contributed by atoms with Crippen molar-refractivity contribution in [2.45, 2.75) is 19.2 Å². The van der Waals surface area contributed by atoms with Crippen molar-refractivity contribution in [3.05, 3.63) is 65.2 Å². The Morgan fingerprint density at radius 1 is 1.00 bits per heavy atom. The molecule has 0 atom stereocenters. The van der Waals surface area contributed by atoms with Crippen LogP contribution in [0.2, 0.25) is 0 Å². The number of alkyl halides is 1. The van der Waals surface area contributed by atoms with Crippen LogP contribution in [0.1, 0.15) is 35.3 Å². The number of hydrogen-bond donors (Lipinski definition) is 0. The number of ether oxygens (including phenoxy) is 2. The molecule has 0 aliphatic heterocycles. The average molecular weight is 417 g/mol. The van der Waals surface area contributed by atoms with E-state index < -0.39 is 11.9 Å². The largest absolute Gasteiger partial charge is 0.463 e. The van der Waals surface area contributed by atoms with Gasteiger partial charge in [-0.2, -0.15) is 0 Å². The third-order valence-corrected chi connectivity index (χ3v) is 4.33. The van der Waals surface area contributed by atoms with Crippen LogP contribution in [0.15, 0.2) is 48.5 Å². The molecule has 2 rings (SSSR count). The monoisotopic (exact) mass is 416 g/mol. The lowest BCUT2D eigenvalue weighted by atomic mass is 9.94. The lowest BCUT2D eigenvalue weighted by molar-refractivity contribution is -0.137. The fourth-order valence-electron chi connectivity index (χ4n) is 2.50. The van der Waals surface area contributed by atoms with Crippen molar-refractivity contribution in [1.29, 1.82) is 0 Å². The Balaban J connectivity index is 2.51. The molecular weight excluding hydrogens is 396 g/mol.